The van der Waals surface area contributed by atoms with Gasteiger partial charge in [-0.1, -0.05) is 188 Å². The SMILES string of the molecule is c1ccc(-c2cc(-c3ccccc3)cc(-c3c4ccccc4c(-c4cc5ccccc5cc4-c4ccccc4)c4cc(-c5ccc6ccccc6c5)ccc34)c2)cc1. The first kappa shape index (κ1) is 33.8. The normalized spacial score (nSPS) is 11.4. The lowest BCUT2D eigenvalue weighted by Crippen LogP contribution is -1.95. The van der Waals surface area contributed by atoms with Crippen molar-refractivity contribution in [3.8, 4) is 66.8 Å². The van der Waals surface area contributed by atoms with Gasteiger partial charge in [0.15, 0.2) is 0 Å². The molecule has 11 rings (SSSR count). The topological polar surface area (TPSA) is 0 Å². The van der Waals surface area contributed by atoms with Crippen LogP contribution in [0.3, 0.4) is 0 Å². The second-order valence-electron chi connectivity index (χ2n) is 15.3. The molecule has 0 saturated heterocycles. The average molecular weight is 735 g/mol. The Kier molecular flexibility index (Phi) is 8.26. The van der Waals surface area contributed by atoms with Gasteiger partial charge in [-0.15, -0.1) is 0 Å². The number of hydrogen-bond acceptors (Lipinski definition) is 0. The van der Waals surface area contributed by atoms with E-state index in [0.29, 0.717) is 0 Å². The molecule has 58 heavy (non-hydrogen) atoms. The predicted molar refractivity (Wildman–Crippen MR) is 249 cm³/mol. The minimum absolute atomic E-state index is 1.20. The zero-order chi connectivity index (χ0) is 38.4. The Hall–Kier alpha value is -7.54. The van der Waals surface area contributed by atoms with Crippen molar-refractivity contribution in [2.75, 3.05) is 0 Å². The summed E-state index contributed by atoms with van der Waals surface area (Å²) in [5.74, 6) is 0. The van der Waals surface area contributed by atoms with E-state index in [2.05, 4.69) is 231 Å². The van der Waals surface area contributed by atoms with Crippen molar-refractivity contribution < 1.29 is 0 Å². The lowest BCUT2D eigenvalue weighted by molar-refractivity contribution is 1.58. The molecule has 0 aliphatic carbocycles. The number of fused-ring (bicyclic) bond motifs is 4. The molecule has 0 atom stereocenters. The third-order valence-electron chi connectivity index (χ3n) is 11.8. The quantitative estimate of drug-likeness (QED) is 0.149. The molecule has 0 unspecified atom stereocenters. The molecule has 0 amide bonds. The molecular formula is C58H38. The Morgan fingerprint density at radius 1 is 0.172 bits per heavy atom. The summed E-state index contributed by atoms with van der Waals surface area (Å²) in [5, 5.41) is 9.89. The van der Waals surface area contributed by atoms with E-state index in [9.17, 15) is 0 Å². The third kappa shape index (κ3) is 5.95. The molecular weight excluding hydrogens is 697 g/mol. The van der Waals surface area contributed by atoms with E-state index in [1.165, 1.54) is 110 Å². The molecule has 0 heteroatoms. The Labute approximate surface area is 339 Å². The molecule has 0 aliphatic rings. The van der Waals surface area contributed by atoms with Crippen molar-refractivity contribution in [2.24, 2.45) is 0 Å². The Bertz CT molecular complexity index is 3250. The highest BCUT2D eigenvalue weighted by Crippen LogP contribution is 2.49. The molecule has 11 aromatic carbocycles. The van der Waals surface area contributed by atoms with Crippen molar-refractivity contribution in [3.05, 3.63) is 231 Å². The summed E-state index contributed by atoms with van der Waals surface area (Å²) >= 11 is 0. The van der Waals surface area contributed by atoms with Crippen LogP contribution in [0.25, 0.3) is 110 Å². The maximum Gasteiger partial charge on any atom is -0.00197 e. The molecule has 11 aromatic rings. The molecule has 0 aromatic heterocycles. The zero-order valence-corrected chi connectivity index (χ0v) is 31.9. The largest absolute Gasteiger partial charge is 0.0622 e. The van der Waals surface area contributed by atoms with Crippen LogP contribution in [0.4, 0.5) is 0 Å². The standard InChI is InChI=1S/C58H38/c1-4-16-39(17-5-1)48-33-49(40-18-6-2-7-19-40)35-50(34-48)57-51-26-14-15-27-52(51)58(56-37-45-25-13-12-24-44(45)36-54(56)42-21-8-3-9-22-42)55-38-47(30-31-53(55)57)46-29-28-41-20-10-11-23-43(41)32-46/h1-38H. The van der Waals surface area contributed by atoms with E-state index in [1.54, 1.807) is 0 Å². The first-order valence-corrected chi connectivity index (χ1v) is 20.1. The van der Waals surface area contributed by atoms with Gasteiger partial charge in [-0.05, 0) is 152 Å². The number of hydrogen-bond donors (Lipinski definition) is 0. The fourth-order valence-electron chi connectivity index (χ4n) is 9.00. The molecule has 0 aliphatic heterocycles. The van der Waals surface area contributed by atoms with Crippen LogP contribution in [-0.2, 0) is 0 Å². The van der Waals surface area contributed by atoms with Gasteiger partial charge in [-0.3, -0.25) is 0 Å². The summed E-state index contributed by atoms with van der Waals surface area (Å²) < 4.78 is 0. The van der Waals surface area contributed by atoms with Crippen LogP contribution in [0.2, 0.25) is 0 Å². The molecule has 0 bridgehead atoms. The smallest absolute Gasteiger partial charge is 0.00197 e. The zero-order valence-electron chi connectivity index (χ0n) is 31.9. The summed E-state index contributed by atoms with van der Waals surface area (Å²) in [4.78, 5) is 0. The van der Waals surface area contributed by atoms with Crippen molar-refractivity contribution in [2.45, 2.75) is 0 Å². The van der Waals surface area contributed by atoms with Crippen LogP contribution in [0.15, 0.2) is 231 Å². The number of rotatable bonds is 6. The third-order valence-corrected chi connectivity index (χ3v) is 11.8. The predicted octanol–water partition coefficient (Wildman–Crippen LogP) is 16.3. The molecule has 270 valence electrons. The van der Waals surface area contributed by atoms with Crippen LogP contribution in [0, 0.1) is 0 Å². The maximum absolute atomic E-state index is 2.45. The van der Waals surface area contributed by atoms with Crippen molar-refractivity contribution in [1.82, 2.24) is 0 Å². The van der Waals surface area contributed by atoms with Gasteiger partial charge in [0.1, 0.15) is 0 Å². The first-order chi connectivity index (χ1) is 28.7. The molecule has 0 radical (unpaired) electrons. The Morgan fingerprint density at radius 2 is 0.603 bits per heavy atom. The summed E-state index contributed by atoms with van der Waals surface area (Å²) in [5.41, 5.74) is 14.6. The molecule has 0 fully saturated rings. The van der Waals surface area contributed by atoms with E-state index in [-0.39, 0.29) is 0 Å². The lowest BCUT2D eigenvalue weighted by Gasteiger charge is -2.22. The van der Waals surface area contributed by atoms with Crippen molar-refractivity contribution in [3.63, 3.8) is 0 Å². The van der Waals surface area contributed by atoms with E-state index in [4.69, 9.17) is 0 Å². The highest BCUT2D eigenvalue weighted by atomic mass is 14.2. The minimum Gasteiger partial charge on any atom is -0.0622 e. The second kappa shape index (κ2) is 14.2. The van der Waals surface area contributed by atoms with Crippen LogP contribution >= 0.6 is 0 Å². The monoisotopic (exact) mass is 734 g/mol. The van der Waals surface area contributed by atoms with Gasteiger partial charge in [0.2, 0.25) is 0 Å². The van der Waals surface area contributed by atoms with Crippen molar-refractivity contribution >= 4 is 43.1 Å². The molecule has 0 saturated carbocycles. The molecule has 0 nitrogen and oxygen atoms in total. The first-order valence-electron chi connectivity index (χ1n) is 20.1. The van der Waals surface area contributed by atoms with Crippen molar-refractivity contribution in [1.29, 1.82) is 0 Å². The highest BCUT2D eigenvalue weighted by molar-refractivity contribution is 6.24. The van der Waals surface area contributed by atoms with Gasteiger partial charge >= 0.3 is 0 Å². The van der Waals surface area contributed by atoms with Gasteiger partial charge in [-0.25, -0.2) is 0 Å². The Balaban J connectivity index is 1.28. The fourth-order valence-corrected chi connectivity index (χ4v) is 9.00. The van der Waals surface area contributed by atoms with Gasteiger partial charge in [-0.2, -0.15) is 0 Å². The van der Waals surface area contributed by atoms with Gasteiger partial charge in [0.05, 0.1) is 0 Å². The summed E-state index contributed by atoms with van der Waals surface area (Å²) in [6.45, 7) is 0. The summed E-state index contributed by atoms with van der Waals surface area (Å²) in [7, 11) is 0. The Morgan fingerprint density at radius 3 is 1.22 bits per heavy atom. The average Bonchev–Trinajstić information content (AvgIpc) is 3.30. The van der Waals surface area contributed by atoms with Gasteiger partial charge < -0.3 is 0 Å². The molecule has 0 N–H and O–H groups in total. The van der Waals surface area contributed by atoms with E-state index in [1.807, 2.05) is 0 Å². The number of benzene rings is 11. The lowest BCUT2D eigenvalue weighted by atomic mass is 9.81. The van der Waals surface area contributed by atoms with E-state index >= 15 is 0 Å². The maximum atomic E-state index is 2.45. The van der Waals surface area contributed by atoms with Crippen LogP contribution in [0.1, 0.15) is 0 Å². The van der Waals surface area contributed by atoms with Crippen LogP contribution in [0.5, 0.6) is 0 Å². The van der Waals surface area contributed by atoms with Crippen LogP contribution in [-0.4, -0.2) is 0 Å². The summed E-state index contributed by atoms with van der Waals surface area (Å²) in [6, 6.07) is 84.9. The molecule has 0 spiro atoms. The van der Waals surface area contributed by atoms with Gasteiger partial charge in [0.25, 0.3) is 0 Å². The van der Waals surface area contributed by atoms with Gasteiger partial charge in [0, 0.05) is 0 Å². The fraction of sp³-hybridized carbons (Fsp3) is 0. The van der Waals surface area contributed by atoms with E-state index < -0.39 is 0 Å². The van der Waals surface area contributed by atoms with Crippen LogP contribution < -0.4 is 0 Å². The second-order valence-corrected chi connectivity index (χ2v) is 15.3. The highest BCUT2D eigenvalue weighted by Gasteiger charge is 2.21. The molecule has 0 heterocycles. The summed E-state index contributed by atoms with van der Waals surface area (Å²) in [6.07, 6.45) is 0. The minimum atomic E-state index is 1.20. The van der Waals surface area contributed by atoms with E-state index in [0.717, 1.165) is 0 Å².